The van der Waals surface area contributed by atoms with Gasteiger partial charge in [0.15, 0.2) is 0 Å². The molecule has 1 N–H and O–H groups in total. The minimum absolute atomic E-state index is 0.0779. The molecule has 2 nitrogen and oxygen atoms in total. The van der Waals surface area contributed by atoms with Gasteiger partial charge in [-0.1, -0.05) is 49.4 Å². The van der Waals surface area contributed by atoms with Crippen LogP contribution in [-0.4, -0.2) is 27.2 Å². The molecule has 0 bridgehead atoms. The quantitative estimate of drug-likeness (QED) is 0.870. The highest BCUT2D eigenvalue weighted by atomic mass is 15.1. The van der Waals surface area contributed by atoms with Gasteiger partial charge in [-0.25, -0.2) is 0 Å². The van der Waals surface area contributed by atoms with Crippen molar-refractivity contribution < 1.29 is 0 Å². The summed E-state index contributed by atoms with van der Waals surface area (Å²) >= 11 is 0. The second kappa shape index (κ2) is 6.77. The van der Waals surface area contributed by atoms with Gasteiger partial charge in [0.05, 0.1) is 0 Å². The first-order valence-corrected chi connectivity index (χ1v) is 7.53. The van der Waals surface area contributed by atoms with Gasteiger partial charge in [0.1, 0.15) is 0 Å². The molecule has 0 aliphatic rings. The molecule has 2 aromatic rings. The minimum Gasteiger partial charge on any atom is -0.374 e. The van der Waals surface area contributed by atoms with Crippen LogP contribution < -0.4 is 10.2 Å². The molecule has 0 aromatic heterocycles. The summed E-state index contributed by atoms with van der Waals surface area (Å²) in [5.74, 6) is 0. The molecule has 0 saturated heterocycles. The van der Waals surface area contributed by atoms with Crippen LogP contribution in [0.25, 0.3) is 0 Å². The standard InChI is InChI=1S/C19H26N2/c1-16-9-8-12-18(13-16)21(4)15-19(2,14-20-3)17-10-6-5-7-11-17/h5-13,20H,14-15H2,1-4H3. The fourth-order valence-electron chi connectivity index (χ4n) is 2.96. The van der Waals surface area contributed by atoms with Crippen LogP contribution in [-0.2, 0) is 5.41 Å². The third-order valence-electron chi connectivity index (χ3n) is 4.07. The Morgan fingerprint density at radius 2 is 1.76 bits per heavy atom. The van der Waals surface area contributed by atoms with Gasteiger partial charge in [0.2, 0.25) is 0 Å². The molecule has 2 heteroatoms. The number of aryl methyl sites for hydroxylation is 1. The van der Waals surface area contributed by atoms with E-state index in [1.165, 1.54) is 16.8 Å². The van der Waals surface area contributed by atoms with Crippen molar-refractivity contribution in [3.05, 3.63) is 65.7 Å². The van der Waals surface area contributed by atoms with E-state index in [1.807, 2.05) is 7.05 Å². The number of anilines is 1. The number of nitrogens with one attached hydrogen (secondary N) is 1. The molecule has 0 aliphatic heterocycles. The van der Waals surface area contributed by atoms with Crippen molar-refractivity contribution in [2.75, 3.05) is 32.1 Å². The maximum absolute atomic E-state index is 3.35. The molecule has 0 fully saturated rings. The SMILES string of the molecule is CNCC(C)(CN(C)c1cccc(C)c1)c1ccccc1. The summed E-state index contributed by atoms with van der Waals surface area (Å²) in [5.41, 5.74) is 4.02. The Bertz CT molecular complexity index is 565. The Hall–Kier alpha value is -1.80. The maximum atomic E-state index is 3.35. The fourth-order valence-corrected chi connectivity index (χ4v) is 2.96. The molecule has 2 aromatic carbocycles. The summed E-state index contributed by atoms with van der Waals surface area (Å²) < 4.78 is 0. The van der Waals surface area contributed by atoms with Crippen LogP contribution in [0.5, 0.6) is 0 Å². The van der Waals surface area contributed by atoms with Crippen LogP contribution in [0, 0.1) is 6.92 Å². The van der Waals surface area contributed by atoms with Gasteiger partial charge in [-0.2, -0.15) is 0 Å². The van der Waals surface area contributed by atoms with Crippen LogP contribution in [0.1, 0.15) is 18.1 Å². The summed E-state index contributed by atoms with van der Waals surface area (Å²) in [7, 11) is 4.19. The third kappa shape index (κ3) is 3.85. The Balaban J connectivity index is 2.24. The smallest absolute Gasteiger partial charge is 0.0366 e. The van der Waals surface area contributed by atoms with Gasteiger partial charge in [0, 0.05) is 31.2 Å². The number of hydrogen-bond donors (Lipinski definition) is 1. The van der Waals surface area contributed by atoms with Crippen molar-refractivity contribution >= 4 is 5.69 Å². The first kappa shape index (κ1) is 15.6. The third-order valence-corrected chi connectivity index (χ3v) is 4.07. The molecule has 2 rings (SSSR count). The Kier molecular flexibility index (Phi) is 5.03. The predicted octanol–water partition coefficient (Wildman–Crippen LogP) is 3.61. The number of nitrogens with zero attached hydrogens (tertiary/aromatic N) is 1. The predicted molar refractivity (Wildman–Crippen MR) is 92.2 cm³/mol. The van der Waals surface area contributed by atoms with E-state index < -0.39 is 0 Å². The number of benzene rings is 2. The highest BCUT2D eigenvalue weighted by Gasteiger charge is 2.27. The van der Waals surface area contributed by atoms with Gasteiger partial charge in [-0.3, -0.25) is 0 Å². The van der Waals surface area contributed by atoms with E-state index in [9.17, 15) is 0 Å². The zero-order chi connectivity index (χ0) is 15.3. The zero-order valence-corrected chi connectivity index (χ0v) is 13.6. The van der Waals surface area contributed by atoms with Crippen LogP contribution in [0.3, 0.4) is 0 Å². The van der Waals surface area contributed by atoms with E-state index in [0.29, 0.717) is 0 Å². The van der Waals surface area contributed by atoms with E-state index in [4.69, 9.17) is 0 Å². The Morgan fingerprint density at radius 3 is 2.38 bits per heavy atom. The topological polar surface area (TPSA) is 15.3 Å². The van der Waals surface area contributed by atoms with Gasteiger partial charge in [-0.05, 0) is 37.2 Å². The lowest BCUT2D eigenvalue weighted by molar-refractivity contribution is 0.451. The van der Waals surface area contributed by atoms with Crippen LogP contribution in [0.2, 0.25) is 0 Å². The van der Waals surface area contributed by atoms with E-state index in [1.54, 1.807) is 0 Å². The Labute approximate surface area is 128 Å². The summed E-state index contributed by atoms with van der Waals surface area (Å²) in [6, 6.07) is 19.4. The summed E-state index contributed by atoms with van der Waals surface area (Å²) in [4.78, 5) is 2.34. The van der Waals surface area contributed by atoms with Crippen molar-refractivity contribution in [1.29, 1.82) is 0 Å². The average molecular weight is 282 g/mol. The van der Waals surface area contributed by atoms with Crippen LogP contribution >= 0.6 is 0 Å². The number of likely N-dealkylation sites (N-methyl/N-ethyl adjacent to an activating group) is 2. The summed E-state index contributed by atoms with van der Waals surface area (Å²) in [6.07, 6.45) is 0. The Morgan fingerprint density at radius 1 is 1.05 bits per heavy atom. The van der Waals surface area contributed by atoms with E-state index >= 15 is 0 Å². The summed E-state index contributed by atoms with van der Waals surface area (Å²) in [5, 5.41) is 3.35. The van der Waals surface area contributed by atoms with Gasteiger partial charge < -0.3 is 10.2 Å². The molecule has 1 atom stereocenters. The van der Waals surface area contributed by atoms with Crippen molar-refractivity contribution in [2.45, 2.75) is 19.3 Å². The van der Waals surface area contributed by atoms with E-state index in [-0.39, 0.29) is 5.41 Å². The molecule has 0 saturated carbocycles. The van der Waals surface area contributed by atoms with Crippen LogP contribution in [0.4, 0.5) is 5.69 Å². The molecule has 0 amide bonds. The highest BCUT2D eigenvalue weighted by Crippen LogP contribution is 2.26. The lowest BCUT2D eigenvalue weighted by atomic mass is 9.81. The van der Waals surface area contributed by atoms with E-state index in [2.05, 4.69) is 85.7 Å². The molecule has 0 aliphatic carbocycles. The first-order valence-electron chi connectivity index (χ1n) is 7.53. The molecular weight excluding hydrogens is 256 g/mol. The lowest BCUT2D eigenvalue weighted by Gasteiger charge is -2.35. The second-order valence-electron chi connectivity index (χ2n) is 6.15. The van der Waals surface area contributed by atoms with Gasteiger partial charge >= 0.3 is 0 Å². The molecule has 0 radical (unpaired) electrons. The first-order chi connectivity index (χ1) is 10.0. The molecule has 21 heavy (non-hydrogen) atoms. The monoisotopic (exact) mass is 282 g/mol. The molecule has 1 unspecified atom stereocenters. The van der Waals surface area contributed by atoms with Crippen molar-refractivity contribution in [2.24, 2.45) is 0 Å². The molecular formula is C19H26N2. The second-order valence-corrected chi connectivity index (χ2v) is 6.15. The maximum Gasteiger partial charge on any atom is 0.0366 e. The van der Waals surface area contributed by atoms with Crippen molar-refractivity contribution in [1.82, 2.24) is 5.32 Å². The number of hydrogen-bond acceptors (Lipinski definition) is 2. The lowest BCUT2D eigenvalue weighted by Crippen LogP contribution is -2.43. The van der Waals surface area contributed by atoms with Crippen LogP contribution in [0.15, 0.2) is 54.6 Å². The molecule has 112 valence electrons. The van der Waals surface area contributed by atoms with Crippen molar-refractivity contribution in [3.8, 4) is 0 Å². The van der Waals surface area contributed by atoms with E-state index in [0.717, 1.165) is 13.1 Å². The molecule has 0 spiro atoms. The number of rotatable bonds is 6. The normalized spacial score (nSPS) is 13.7. The van der Waals surface area contributed by atoms with Gasteiger partial charge in [-0.15, -0.1) is 0 Å². The highest BCUT2D eigenvalue weighted by molar-refractivity contribution is 5.48. The minimum atomic E-state index is 0.0779. The zero-order valence-electron chi connectivity index (χ0n) is 13.6. The largest absolute Gasteiger partial charge is 0.374 e. The van der Waals surface area contributed by atoms with Gasteiger partial charge in [0.25, 0.3) is 0 Å². The molecule has 0 heterocycles. The fraction of sp³-hybridized carbons (Fsp3) is 0.368. The van der Waals surface area contributed by atoms with Crippen molar-refractivity contribution in [3.63, 3.8) is 0 Å². The average Bonchev–Trinajstić information content (AvgIpc) is 2.48. The summed E-state index contributed by atoms with van der Waals surface area (Å²) in [6.45, 7) is 6.39.